The second kappa shape index (κ2) is 10.1. The second-order valence-corrected chi connectivity index (χ2v) is 8.84. The van der Waals surface area contributed by atoms with E-state index in [0.717, 1.165) is 71.2 Å². The number of ether oxygens (including phenoxy) is 1. The molecule has 0 amide bonds. The van der Waals surface area contributed by atoms with Crippen molar-refractivity contribution in [3.05, 3.63) is 95.1 Å². The lowest BCUT2D eigenvalue weighted by atomic mass is 9.98. The molecule has 7 heteroatoms. The number of pyridine rings is 2. The first-order valence-electron chi connectivity index (χ1n) is 11.9. The van der Waals surface area contributed by atoms with Gasteiger partial charge in [0.05, 0.1) is 0 Å². The van der Waals surface area contributed by atoms with Gasteiger partial charge in [0.2, 0.25) is 0 Å². The monoisotopic (exact) mass is 482 g/mol. The zero-order valence-electron chi connectivity index (χ0n) is 19.6. The normalized spacial score (nSPS) is 13.2. The topological polar surface area (TPSA) is 84.8 Å². The molecule has 6 rings (SSSR count). The van der Waals surface area contributed by atoms with Crippen LogP contribution in [-0.4, -0.2) is 9.97 Å². The summed E-state index contributed by atoms with van der Waals surface area (Å²) in [5.74, 6) is 0.144. The number of anilines is 1. The first-order chi connectivity index (χ1) is 17.6. The summed E-state index contributed by atoms with van der Waals surface area (Å²) in [7, 11) is 0. The van der Waals surface area contributed by atoms with Gasteiger partial charge in [-0.1, -0.05) is 0 Å². The van der Waals surface area contributed by atoms with Gasteiger partial charge in [-0.3, -0.25) is 9.97 Å². The van der Waals surface area contributed by atoms with Gasteiger partial charge in [0.25, 0.3) is 6.26 Å². The predicted octanol–water partition coefficient (Wildman–Crippen LogP) is 6.19. The first-order valence-corrected chi connectivity index (χ1v) is 11.9. The lowest BCUT2D eigenvalue weighted by Crippen LogP contribution is -2.00. The molecule has 2 aliphatic rings. The van der Waals surface area contributed by atoms with Crippen molar-refractivity contribution < 1.29 is 13.5 Å². The van der Waals surface area contributed by atoms with Crippen LogP contribution in [0.25, 0.3) is 22.3 Å². The third kappa shape index (κ3) is 4.38. The number of rotatable bonds is 3. The Morgan fingerprint density at radius 2 is 1.19 bits per heavy atom. The number of fused-ring (bicyclic) bond motifs is 2. The van der Waals surface area contributed by atoms with Crippen molar-refractivity contribution in [2.45, 2.75) is 38.5 Å². The van der Waals surface area contributed by atoms with Crippen LogP contribution in [0.15, 0.2) is 61.2 Å². The van der Waals surface area contributed by atoms with Crippen molar-refractivity contribution in [3.63, 3.8) is 0 Å². The van der Waals surface area contributed by atoms with Crippen LogP contribution in [0.2, 0.25) is 0 Å². The van der Waals surface area contributed by atoms with Crippen molar-refractivity contribution in [1.29, 1.82) is 5.26 Å². The van der Waals surface area contributed by atoms with Crippen LogP contribution in [0.5, 0.6) is 5.75 Å². The molecular weight excluding hydrogens is 458 g/mol. The molecule has 36 heavy (non-hydrogen) atoms. The zero-order valence-corrected chi connectivity index (χ0v) is 19.6. The summed E-state index contributed by atoms with van der Waals surface area (Å²) < 4.78 is 33.2. The van der Waals surface area contributed by atoms with Gasteiger partial charge < -0.3 is 10.5 Å². The average molecular weight is 483 g/mol. The van der Waals surface area contributed by atoms with Gasteiger partial charge in [-0.15, -0.1) is 5.26 Å². The molecule has 4 aromatic rings. The van der Waals surface area contributed by atoms with Gasteiger partial charge in [-0.2, -0.15) is 0 Å². The molecule has 0 unspecified atom stereocenters. The SMILES string of the molecule is N#COc1c(-c2ccncc2)cc(F)c2c1CCC2.Nc1c(-c2ccncc2)cc(F)c2c1CCC2. The third-order valence-corrected chi connectivity index (χ3v) is 6.82. The molecule has 0 saturated carbocycles. The maximum Gasteiger partial charge on any atom is 0.292 e. The number of aromatic nitrogens is 2. The van der Waals surface area contributed by atoms with Crippen LogP contribution >= 0.6 is 0 Å². The largest absolute Gasteiger partial charge is 0.398 e. The average Bonchev–Trinajstić information content (AvgIpc) is 3.61. The van der Waals surface area contributed by atoms with Crippen LogP contribution < -0.4 is 10.5 Å². The van der Waals surface area contributed by atoms with Crippen molar-refractivity contribution >= 4 is 5.69 Å². The van der Waals surface area contributed by atoms with E-state index in [1.165, 1.54) is 6.07 Å². The van der Waals surface area contributed by atoms with E-state index in [9.17, 15) is 8.78 Å². The Hall–Kier alpha value is -4.31. The minimum absolute atomic E-state index is 0.126. The highest BCUT2D eigenvalue weighted by atomic mass is 19.1. The van der Waals surface area contributed by atoms with Gasteiger partial charge in [-0.25, -0.2) is 8.78 Å². The Morgan fingerprint density at radius 1 is 0.722 bits per heavy atom. The summed E-state index contributed by atoms with van der Waals surface area (Å²) in [4.78, 5) is 7.90. The van der Waals surface area contributed by atoms with E-state index in [4.69, 9.17) is 15.7 Å². The van der Waals surface area contributed by atoms with E-state index in [2.05, 4.69) is 9.97 Å². The number of nitriles is 1. The first kappa shape index (κ1) is 23.4. The summed E-state index contributed by atoms with van der Waals surface area (Å²) in [6.45, 7) is 0. The molecule has 2 N–H and O–H groups in total. The molecule has 0 fully saturated rings. The number of nitrogens with two attached hydrogens (primary N) is 1. The van der Waals surface area contributed by atoms with Crippen LogP contribution in [0.1, 0.15) is 35.1 Å². The van der Waals surface area contributed by atoms with Crippen molar-refractivity contribution in [1.82, 2.24) is 9.97 Å². The second-order valence-electron chi connectivity index (χ2n) is 8.84. The van der Waals surface area contributed by atoms with Crippen LogP contribution in [0, 0.1) is 23.2 Å². The van der Waals surface area contributed by atoms with Gasteiger partial charge in [0.15, 0.2) is 5.75 Å². The summed E-state index contributed by atoms with van der Waals surface area (Å²) in [5, 5.41) is 8.81. The van der Waals surface area contributed by atoms with E-state index in [-0.39, 0.29) is 11.6 Å². The molecule has 0 radical (unpaired) electrons. The van der Waals surface area contributed by atoms with Crippen LogP contribution in [0.3, 0.4) is 0 Å². The Balaban J connectivity index is 0.000000149. The van der Waals surface area contributed by atoms with Crippen molar-refractivity contribution in [3.8, 4) is 34.3 Å². The summed E-state index contributed by atoms with van der Waals surface area (Å²) in [5.41, 5.74) is 13.3. The highest BCUT2D eigenvalue weighted by Gasteiger charge is 2.24. The van der Waals surface area contributed by atoms with E-state index < -0.39 is 0 Å². The summed E-state index contributed by atoms with van der Waals surface area (Å²) in [6, 6.07) is 10.3. The molecule has 180 valence electrons. The Morgan fingerprint density at radius 3 is 1.78 bits per heavy atom. The standard InChI is InChI=1S/C15H11FN2O.C14H13FN2/c16-14-8-13(10-4-6-18-7-5-10)15(19-9-17)12-3-1-2-11(12)14;15-13-8-12(9-4-6-17-7-5-9)14(16)11-3-1-2-10(11)13/h4-8H,1-3H2;4-8H,1-3,16H2. The fourth-order valence-corrected chi connectivity index (χ4v) is 5.14. The fraction of sp³-hybridized carbons (Fsp3) is 0.207. The van der Waals surface area contributed by atoms with Crippen LogP contribution in [-0.2, 0) is 25.7 Å². The van der Waals surface area contributed by atoms with Gasteiger partial charge in [0.1, 0.15) is 11.6 Å². The third-order valence-electron chi connectivity index (χ3n) is 6.82. The molecule has 2 aliphatic carbocycles. The number of nitrogen functional groups attached to an aromatic ring is 1. The summed E-state index contributed by atoms with van der Waals surface area (Å²) in [6.07, 6.45) is 13.4. The Labute approximate surface area is 208 Å². The van der Waals surface area contributed by atoms with Gasteiger partial charge in [-0.05, 0) is 103 Å². The molecule has 0 aliphatic heterocycles. The van der Waals surface area contributed by atoms with Crippen molar-refractivity contribution in [2.75, 3.05) is 5.73 Å². The maximum atomic E-state index is 14.1. The molecular formula is C29H24F2N4O. The molecule has 0 atom stereocenters. The lowest BCUT2D eigenvalue weighted by molar-refractivity contribution is 0.500. The molecule has 0 saturated heterocycles. The Kier molecular flexibility index (Phi) is 6.59. The van der Waals surface area contributed by atoms with E-state index >= 15 is 0 Å². The predicted molar refractivity (Wildman–Crippen MR) is 134 cm³/mol. The molecule has 2 aromatic heterocycles. The molecule has 0 spiro atoms. The van der Waals surface area contributed by atoms with E-state index in [0.29, 0.717) is 23.3 Å². The van der Waals surface area contributed by atoms with Gasteiger partial charge in [0, 0.05) is 47.2 Å². The lowest BCUT2D eigenvalue weighted by Gasteiger charge is -2.12. The number of hydrogen-bond acceptors (Lipinski definition) is 5. The summed E-state index contributed by atoms with van der Waals surface area (Å²) >= 11 is 0. The number of halogens is 2. The highest BCUT2D eigenvalue weighted by molar-refractivity contribution is 5.80. The maximum absolute atomic E-state index is 14.1. The zero-order chi connectivity index (χ0) is 25.1. The highest BCUT2D eigenvalue weighted by Crippen LogP contribution is 2.41. The van der Waals surface area contributed by atoms with Gasteiger partial charge >= 0.3 is 0 Å². The minimum atomic E-state index is -0.218. The minimum Gasteiger partial charge on any atom is -0.398 e. The number of nitrogens with zero attached hydrogens (tertiary/aromatic N) is 3. The molecule has 0 bridgehead atoms. The smallest absolute Gasteiger partial charge is 0.292 e. The molecule has 2 heterocycles. The molecule has 2 aromatic carbocycles. The number of benzene rings is 2. The van der Waals surface area contributed by atoms with E-state index in [1.54, 1.807) is 49.2 Å². The quantitative estimate of drug-likeness (QED) is 0.278. The number of hydrogen-bond donors (Lipinski definition) is 1. The van der Waals surface area contributed by atoms with E-state index in [1.807, 2.05) is 12.1 Å². The Bertz CT molecular complexity index is 1450. The van der Waals surface area contributed by atoms with Crippen molar-refractivity contribution in [2.24, 2.45) is 0 Å². The fourth-order valence-electron chi connectivity index (χ4n) is 5.14. The molecule has 5 nitrogen and oxygen atoms in total. The van der Waals surface area contributed by atoms with Crippen LogP contribution in [0.4, 0.5) is 14.5 Å².